The molecule has 0 aliphatic heterocycles. The minimum absolute atomic E-state index is 0.112. The van der Waals surface area contributed by atoms with E-state index in [2.05, 4.69) is 5.32 Å². The number of primary sulfonamides is 1. The van der Waals surface area contributed by atoms with Crippen molar-refractivity contribution >= 4 is 15.9 Å². The number of aryl methyl sites for hydroxylation is 1. The van der Waals surface area contributed by atoms with E-state index in [1.165, 1.54) is 24.3 Å². The van der Waals surface area contributed by atoms with E-state index >= 15 is 0 Å². The van der Waals surface area contributed by atoms with Crippen LogP contribution < -0.4 is 10.5 Å². The number of amides is 1. The highest BCUT2D eigenvalue weighted by atomic mass is 32.2. The Morgan fingerprint density at radius 3 is 2.41 bits per heavy atom. The number of nitrogens with one attached hydrogen (secondary N) is 1. The van der Waals surface area contributed by atoms with Crippen LogP contribution in [0, 0.1) is 12.7 Å². The zero-order chi connectivity index (χ0) is 16.3. The van der Waals surface area contributed by atoms with Crippen LogP contribution in [-0.4, -0.2) is 14.3 Å². The molecule has 0 heterocycles. The lowest BCUT2D eigenvalue weighted by Crippen LogP contribution is -2.23. The van der Waals surface area contributed by atoms with Crippen molar-refractivity contribution < 1.29 is 17.6 Å². The molecule has 0 spiro atoms. The Kier molecular flexibility index (Phi) is 4.58. The van der Waals surface area contributed by atoms with E-state index in [4.69, 9.17) is 5.14 Å². The van der Waals surface area contributed by atoms with Gasteiger partial charge in [0.25, 0.3) is 5.91 Å². The highest BCUT2D eigenvalue weighted by molar-refractivity contribution is 7.89. The molecule has 0 saturated carbocycles. The van der Waals surface area contributed by atoms with Crippen molar-refractivity contribution in [1.29, 1.82) is 0 Å². The number of sulfonamides is 1. The highest BCUT2D eigenvalue weighted by Crippen LogP contribution is 2.14. The molecule has 0 aliphatic carbocycles. The Labute approximate surface area is 128 Å². The zero-order valence-corrected chi connectivity index (χ0v) is 12.7. The maximum absolute atomic E-state index is 12.8. The lowest BCUT2D eigenvalue weighted by Gasteiger charge is -2.08. The van der Waals surface area contributed by atoms with Crippen LogP contribution in [-0.2, 0) is 16.6 Å². The van der Waals surface area contributed by atoms with Crippen molar-refractivity contribution in [3.8, 4) is 0 Å². The number of rotatable bonds is 4. The summed E-state index contributed by atoms with van der Waals surface area (Å²) in [5.74, 6) is -0.788. The number of carbonyl (C=O) groups excluding carboxylic acids is 1. The predicted octanol–water partition coefficient (Wildman–Crippen LogP) is 1.71. The summed E-state index contributed by atoms with van der Waals surface area (Å²) in [5.41, 5.74) is 1.54. The van der Waals surface area contributed by atoms with E-state index in [1.807, 2.05) is 0 Å². The van der Waals surface area contributed by atoms with Crippen molar-refractivity contribution in [1.82, 2.24) is 5.32 Å². The Morgan fingerprint density at radius 1 is 1.18 bits per heavy atom. The SMILES string of the molecule is Cc1cc(C(=O)NCc2ccc(F)cc2)cc(S(N)(=O)=O)c1. The normalized spacial score (nSPS) is 11.2. The van der Waals surface area contributed by atoms with Gasteiger partial charge < -0.3 is 5.32 Å². The molecule has 3 N–H and O–H groups in total. The highest BCUT2D eigenvalue weighted by Gasteiger charge is 2.13. The maximum atomic E-state index is 12.8. The van der Waals surface area contributed by atoms with Crippen molar-refractivity contribution in [2.24, 2.45) is 5.14 Å². The monoisotopic (exact) mass is 322 g/mol. The molecule has 0 aromatic heterocycles. The van der Waals surface area contributed by atoms with Crippen LogP contribution in [0.5, 0.6) is 0 Å². The molecule has 2 aromatic rings. The van der Waals surface area contributed by atoms with Crippen LogP contribution in [0.4, 0.5) is 4.39 Å². The molecular weight excluding hydrogens is 307 g/mol. The lowest BCUT2D eigenvalue weighted by molar-refractivity contribution is 0.0950. The molecule has 0 radical (unpaired) electrons. The average Bonchev–Trinajstić information content (AvgIpc) is 2.45. The first-order chi connectivity index (χ1) is 10.3. The molecule has 116 valence electrons. The van der Waals surface area contributed by atoms with Gasteiger partial charge in [0, 0.05) is 12.1 Å². The van der Waals surface area contributed by atoms with E-state index in [-0.39, 0.29) is 22.8 Å². The topological polar surface area (TPSA) is 89.3 Å². The van der Waals surface area contributed by atoms with Crippen LogP contribution in [0.25, 0.3) is 0 Å². The van der Waals surface area contributed by atoms with Crippen molar-refractivity contribution in [3.63, 3.8) is 0 Å². The van der Waals surface area contributed by atoms with Crippen LogP contribution >= 0.6 is 0 Å². The third kappa shape index (κ3) is 4.12. The number of hydrogen-bond acceptors (Lipinski definition) is 3. The Bertz CT molecular complexity index is 802. The predicted molar refractivity (Wildman–Crippen MR) is 80.1 cm³/mol. The van der Waals surface area contributed by atoms with Crippen molar-refractivity contribution in [2.45, 2.75) is 18.4 Å². The molecule has 2 aromatic carbocycles. The van der Waals surface area contributed by atoms with E-state index in [0.29, 0.717) is 5.56 Å². The minimum atomic E-state index is -3.87. The number of halogens is 1. The quantitative estimate of drug-likeness (QED) is 0.898. The zero-order valence-electron chi connectivity index (χ0n) is 11.8. The number of nitrogens with two attached hydrogens (primary N) is 1. The van der Waals surface area contributed by atoms with E-state index in [0.717, 1.165) is 5.56 Å². The summed E-state index contributed by atoms with van der Waals surface area (Å²) in [6, 6.07) is 9.90. The molecule has 0 saturated heterocycles. The third-order valence-electron chi connectivity index (χ3n) is 3.01. The molecule has 2 rings (SSSR count). The van der Waals surface area contributed by atoms with Gasteiger partial charge in [-0.1, -0.05) is 12.1 Å². The summed E-state index contributed by atoms with van der Waals surface area (Å²) in [6.45, 7) is 1.88. The molecule has 0 aliphatic rings. The van der Waals surface area contributed by atoms with Crippen LogP contribution in [0.1, 0.15) is 21.5 Å². The fourth-order valence-corrected chi connectivity index (χ4v) is 2.57. The second kappa shape index (κ2) is 6.25. The summed E-state index contributed by atoms with van der Waals surface area (Å²) < 4.78 is 35.6. The molecule has 0 fully saturated rings. The number of carbonyl (C=O) groups is 1. The molecule has 0 bridgehead atoms. The standard InChI is InChI=1S/C15H15FN2O3S/c1-10-6-12(8-14(7-10)22(17,20)21)15(19)18-9-11-2-4-13(16)5-3-11/h2-8H,9H2,1H3,(H,18,19)(H2,17,20,21). The number of benzene rings is 2. The molecule has 0 unspecified atom stereocenters. The van der Waals surface area contributed by atoms with Gasteiger partial charge >= 0.3 is 0 Å². The van der Waals surface area contributed by atoms with E-state index in [1.54, 1.807) is 25.1 Å². The fourth-order valence-electron chi connectivity index (χ4n) is 1.93. The van der Waals surface area contributed by atoms with Crippen LogP contribution in [0.2, 0.25) is 0 Å². The fraction of sp³-hybridized carbons (Fsp3) is 0.133. The smallest absolute Gasteiger partial charge is 0.251 e. The lowest BCUT2D eigenvalue weighted by atomic mass is 10.1. The molecular formula is C15H15FN2O3S. The summed E-state index contributed by atoms with van der Waals surface area (Å²) in [6.07, 6.45) is 0. The van der Waals surface area contributed by atoms with E-state index < -0.39 is 15.9 Å². The summed E-state index contributed by atoms with van der Waals surface area (Å²) in [4.78, 5) is 12.0. The van der Waals surface area contributed by atoms with Gasteiger partial charge in [-0.15, -0.1) is 0 Å². The second-order valence-corrected chi connectivity index (χ2v) is 6.45. The van der Waals surface area contributed by atoms with Crippen LogP contribution in [0.15, 0.2) is 47.4 Å². The molecule has 22 heavy (non-hydrogen) atoms. The Hall–Kier alpha value is -2.25. The van der Waals surface area contributed by atoms with Gasteiger partial charge in [-0.2, -0.15) is 0 Å². The van der Waals surface area contributed by atoms with Crippen molar-refractivity contribution in [3.05, 3.63) is 65.0 Å². The largest absolute Gasteiger partial charge is 0.348 e. The first-order valence-electron chi connectivity index (χ1n) is 6.43. The van der Waals surface area contributed by atoms with Crippen molar-refractivity contribution in [2.75, 3.05) is 0 Å². The van der Waals surface area contributed by atoms with Gasteiger partial charge in [0.1, 0.15) is 5.82 Å². The van der Waals surface area contributed by atoms with Gasteiger partial charge in [0.2, 0.25) is 10.0 Å². The summed E-state index contributed by atoms with van der Waals surface area (Å²) >= 11 is 0. The minimum Gasteiger partial charge on any atom is -0.348 e. The van der Waals surface area contributed by atoms with E-state index in [9.17, 15) is 17.6 Å². The van der Waals surface area contributed by atoms with Gasteiger partial charge in [-0.3, -0.25) is 4.79 Å². The van der Waals surface area contributed by atoms with Gasteiger partial charge in [0.05, 0.1) is 4.90 Å². The molecule has 1 amide bonds. The average molecular weight is 322 g/mol. The summed E-state index contributed by atoms with van der Waals surface area (Å²) in [5, 5.41) is 7.72. The van der Waals surface area contributed by atoms with Crippen LogP contribution in [0.3, 0.4) is 0 Å². The second-order valence-electron chi connectivity index (χ2n) is 4.89. The number of hydrogen-bond donors (Lipinski definition) is 2. The maximum Gasteiger partial charge on any atom is 0.251 e. The van der Waals surface area contributed by atoms with Gasteiger partial charge in [-0.25, -0.2) is 17.9 Å². The third-order valence-corrected chi connectivity index (χ3v) is 3.90. The van der Waals surface area contributed by atoms with Gasteiger partial charge in [0.15, 0.2) is 0 Å². The summed E-state index contributed by atoms with van der Waals surface area (Å²) in [7, 11) is -3.87. The molecule has 7 heteroatoms. The Balaban J connectivity index is 2.16. The first kappa shape index (κ1) is 16.1. The first-order valence-corrected chi connectivity index (χ1v) is 7.97. The molecule has 5 nitrogen and oxygen atoms in total. The Morgan fingerprint density at radius 2 is 1.82 bits per heavy atom. The van der Waals surface area contributed by atoms with Gasteiger partial charge in [-0.05, 0) is 48.4 Å². The molecule has 0 atom stereocenters.